The number of alkyl halides is 1. The molecule has 1 aromatic carbocycles. The summed E-state index contributed by atoms with van der Waals surface area (Å²) in [4.78, 5) is 2.52. The highest BCUT2D eigenvalue weighted by atomic mass is 35.5. The molecule has 1 fully saturated rings. The Morgan fingerprint density at radius 3 is 2.50 bits per heavy atom. The largest absolute Gasteiger partial charge is 0.296 e. The maximum atomic E-state index is 6.06. The van der Waals surface area contributed by atoms with Crippen LogP contribution in [0, 0.1) is 0 Å². The van der Waals surface area contributed by atoms with Crippen molar-refractivity contribution in [3.05, 3.63) is 33.8 Å². The average Bonchev–Trinajstić information content (AvgIpc) is 2.28. The van der Waals surface area contributed by atoms with Crippen molar-refractivity contribution >= 4 is 34.8 Å². The Morgan fingerprint density at radius 1 is 1.17 bits per heavy atom. The first-order valence-electron chi connectivity index (χ1n) is 6.44. The molecule has 100 valence electrons. The second-order valence-electron chi connectivity index (χ2n) is 4.85. The van der Waals surface area contributed by atoms with Crippen LogP contribution in [-0.4, -0.2) is 23.4 Å². The van der Waals surface area contributed by atoms with Gasteiger partial charge < -0.3 is 0 Å². The van der Waals surface area contributed by atoms with Crippen molar-refractivity contribution in [1.82, 2.24) is 4.90 Å². The molecule has 18 heavy (non-hydrogen) atoms. The summed E-state index contributed by atoms with van der Waals surface area (Å²) >= 11 is 17.8. The molecular formula is C14H18Cl3N. The molecule has 0 atom stereocenters. The summed E-state index contributed by atoms with van der Waals surface area (Å²) in [7, 11) is 0. The van der Waals surface area contributed by atoms with E-state index in [1.165, 1.54) is 24.8 Å². The number of hydrogen-bond acceptors (Lipinski definition) is 1. The van der Waals surface area contributed by atoms with Gasteiger partial charge >= 0.3 is 0 Å². The third kappa shape index (κ3) is 3.77. The predicted molar refractivity (Wildman–Crippen MR) is 79.8 cm³/mol. The maximum absolute atomic E-state index is 6.06. The summed E-state index contributed by atoms with van der Waals surface area (Å²) in [5, 5.41) is 1.26. The Morgan fingerprint density at radius 2 is 1.94 bits per heavy atom. The van der Waals surface area contributed by atoms with Crippen LogP contribution in [0.5, 0.6) is 0 Å². The number of rotatable bonds is 6. The van der Waals surface area contributed by atoms with Crippen molar-refractivity contribution in [3.63, 3.8) is 0 Å². The van der Waals surface area contributed by atoms with E-state index in [1.54, 1.807) is 0 Å². The fourth-order valence-electron chi connectivity index (χ4n) is 2.28. The van der Waals surface area contributed by atoms with Crippen LogP contribution < -0.4 is 0 Å². The lowest BCUT2D eigenvalue weighted by atomic mass is 9.91. The average molecular weight is 307 g/mol. The summed E-state index contributed by atoms with van der Waals surface area (Å²) in [5.74, 6) is 0.727. The van der Waals surface area contributed by atoms with Crippen LogP contribution in [0.25, 0.3) is 0 Å². The number of halogens is 3. The van der Waals surface area contributed by atoms with Gasteiger partial charge in [0, 0.05) is 18.5 Å². The topological polar surface area (TPSA) is 3.24 Å². The highest BCUT2D eigenvalue weighted by Gasteiger charge is 2.24. The zero-order valence-corrected chi connectivity index (χ0v) is 12.6. The summed E-state index contributed by atoms with van der Waals surface area (Å²) in [5.41, 5.74) is 1.23. The van der Waals surface area contributed by atoms with Crippen molar-refractivity contribution in [2.45, 2.75) is 38.3 Å². The fourth-order valence-corrected chi connectivity index (χ4v) is 2.72. The van der Waals surface area contributed by atoms with Gasteiger partial charge in [-0.05, 0) is 43.5 Å². The van der Waals surface area contributed by atoms with Crippen LogP contribution in [0.2, 0.25) is 10.0 Å². The first-order valence-corrected chi connectivity index (χ1v) is 7.73. The highest BCUT2D eigenvalue weighted by Crippen LogP contribution is 2.28. The number of nitrogens with zero attached hydrogens (tertiary/aromatic N) is 1. The van der Waals surface area contributed by atoms with Crippen LogP contribution >= 0.6 is 34.8 Å². The summed E-state index contributed by atoms with van der Waals surface area (Å²) in [6.45, 7) is 2.01. The minimum Gasteiger partial charge on any atom is -0.296 e. The number of benzene rings is 1. The zero-order valence-electron chi connectivity index (χ0n) is 10.3. The van der Waals surface area contributed by atoms with E-state index < -0.39 is 0 Å². The second-order valence-corrected chi connectivity index (χ2v) is 6.04. The van der Waals surface area contributed by atoms with Crippen molar-refractivity contribution in [2.24, 2.45) is 0 Å². The van der Waals surface area contributed by atoms with Crippen molar-refractivity contribution in [2.75, 3.05) is 12.4 Å². The molecule has 0 saturated heterocycles. The van der Waals surface area contributed by atoms with E-state index in [4.69, 9.17) is 34.8 Å². The third-order valence-electron chi connectivity index (χ3n) is 3.54. The van der Waals surface area contributed by atoms with Crippen molar-refractivity contribution in [3.8, 4) is 0 Å². The van der Waals surface area contributed by atoms with Gasteiger partial charge in [0.2, 0.25) is 0 Å². The molecule has 1 nitrogen and oxygen atoms in total. The third-order valence-corrected chi connectivity index (χ3v) is 4.55. The van der Waals surface area contributed by atoms with Gasteiger partial charge in [0.1, 0.15) is 0 Å². The molecular weight excluding hydrogens is 289 g/mol. The van der Waals surface area contributed by atoms with Crippen molar-refractivity contribution in [1.29, 1.82) is 0 Å². The molecule has 4 heteroatoms. The Labute approximate surface area is 124 Å². The van der Waals surface area contributed by atoms with Gasteiger partial charge in [-0.25, -0.2) is 0 Å². The molecule has 0 N–H and O–H groups in total. The number of hydrogen-bond donors (Lipinski definition) is 0. The quantitative estimate of drug-likeness (QED) is 0.670. The van der Waals surface area contributed by atoms with Crippen LogP contribution in [0.15, 0.2) is 18.2 Å². The molecule has 0 radical (unpaired) electrons. The van der Waals surface area contributed by atoms with E-state index >= 15 is 0 Å². The molecule has 0 aromatic heterocycles. The lowest BCUT2D eigenvalue weighted by Gasteiger charge is -2.37. The van der Waals surface area contributed by atoms with E-state index in [2.05, 4.69) is 11.0 Å². The molecule has 1 aliphatic rings. The molecule has 0 aliphatic heterocycles. The lowest BCUT2D eigenvalue weighted by Crippen LogP contribution is -2.40. The summed E-state index contributed by atoms with van der Waals surface area (Å²) in [6.07, 6.45) is 5.01. The molecule has 0 amide bonds. The van der Waals surface area contributed by atoms with Gasteiger partial charge in [-0.2, -0.15) is 0 Å². The molecule has 0 spiro atoms. The van der Waals surface area contributed by atoms with Gasteiger partial charge in [-0.15, -0.1) is 11.6 Å². The Bertz CT molecular complexity index is 391. The van der Waals surface area contributed by atoms with Gasteiger partial charge in [0.05, 0.1) is 10.0 Å². The monoisotopic (exact) mass is 305 g/mol. The van der Waals surface area contributed by atoms with Gasteiger partial charge in [0.15, 0.2) is 0 Å². The molecule has 0 bridgehead atoms. The summed E-state index contributed by atoms with van der Waals surface area (Å²) in [6, 6.07) is 6.62. The van der Waals surface area contributed by atoms with Crippen molar-refractivity contribution < 1.29 is 0 Å². The zero-order chi connectivity index (χ0) is 13.0. The molecule has 1 aliphatic carbocycles. The smallest absolute Gasteiger partial charge is 0.0595 e. The minimum absolute atomic E-state index is 0.622. The molecule has 0 heterocycles. The Balaban J connectivity index is 1.99. The molecule has 2 rings (SSSR count). The van der Waals surface area contributed by atoms with E-state index in [1.807, 2.05) is 12.1 Å². The van der Waals surface area contributed by atoms with E-state index in [-0.39, 0.29) is 0 Å². The van der Waals surface area contributed by atoms with Gasteiger partial charge in [-0.1, -0.05) is 35.7 Å². The van der Waals surface area contributed by atoms with E-state index in [0.717, 1.165) is 31.4 Å². The van der Waals surface area contributed by atoms with Crippen LogP contribution in [-0.2, 0) is 6.54 Å². The van der Waals surface area contributed by atoms with Crippen LogP contribution in [0.1, 0.15) is 31.2 Å². The van der Waals surface area contributed by atoms with Gasteiger partial charge in [0.25, 0.3) is 0 Å². The normalized spacial score (nSPS) is 16.0. The maximum Gasteiger partial charge on any atom is 0.0595 e. The Kier molecular flexibility index (Phi) is 5.62. The molecule has 0 unspecified atom stereocenters. The van der Waals surface area contributed by atoms with Crippen LogP contribution in [0.4, 0.5) is 0 Å². The predicted octanol–water partition coefficient (Wildman–Crippen LogP) is 4.98. The molecule has 1 saturated carbocycles. The van der Waals surface area contributed by atoms with E-state index in [9.17, 15) is 0 Å². The SMILES string of the molecule is ClCCCN(Cc1ccc(Cl)c(Cl)c1)C1CCC1. The standard InChI is InChI=1S/C14H18Cl3N/c15-7-2-8-18(12-3-1-4-12)10-11-5-6-13(16)14(17)9-11/h5-6,9,12H,1-4,7-8,10H2. The lowest BCUT2D eigenvalue weighted by molar-refractivity contribution is 0.120. The van der Waals surface area contributed by atoms with Gasteiger partial charge in [-0.3, -0.25) is 4.90 Å². The summed E-state index contributed by atoms with van der Waals surface area (Å²) < 4.78 is 0. The Hall–Kier alpha value is 0.0500. The second kappa shape index (κ2) is 7.00. The first kappa shape index (κ1) is 14.5. The first-order chi connectivity index (χ1) is 8.70. The fraction of sp³-hybridized carbons (Fsp3) is 0.571. The minimum atomic E-state index is 0.622. The van der Waals surface area contributed by atoms with Crippen LogP contribution in [0.3, 0.4) is 0 Å². The molecule has 1 aromatic rings. The highest BCUT2D eigenvalue weighted by molar-refractivity contribution is 6.42. The van der Waals surface area contributed by atoms with E-state index in [0.29, 0.717) is 10.0 Å².